The second kappa shape index (κ2) is 9.09. The number of hydrogen-bond acceptors (Lipinski definition) is 6. The van der Waals surface area contributed by atoms with Gasteiger partial charge in [0.1, 0.15) is 23.5 Å². The van der Waals surface area contributed by atoms with Crippen LogP contribution in [0, 0.1) is 0 Å². The summed E-state index contributed by atoms with van der Waals surface area (Å²) in [4.78, 5) is 40.7. The molecule has 0 bridgehead atoms. The van der Waals surface area contributed by atoms with E-state index in [9.17, 15) is 14.4 Å². The minimum atomic E-state index is -0.680. The molecule has 1 aliphatic heterocycles. The number of carbonyl (C=O) groups excluding carboxylic acids is 2. The van der Waals surface area contributed by atoms with E-state index in [2.05, 4.69) is 0 Å². The summed E-state index contributed by atoms with van der Waals surface area (Å²) in [5.74, 6) is 0.110. The van der Waals surface area contributed by atoms with Crippen molar-refractivity contribution in [3.63, 3.8) is 0 Å². The predicted molar refractivity (Wildman–Crippen MR) is 107 cm³/mol. The average molecular weight is 402 g/mol. The van der Waals surface area contributed by atoms with Crippen LogP contribution in [0.3, 0.4) is 0 Å². The van der Waals surface area contributed by atoms with Crippen molar-refractivity contribution in [2.45, 2.75) is 26.4 Å². The Morgan fingerprint density at radius 2 is 1.83 bits per heavy atom. The lowest BCUT2D eigenvalue weighted by atomic mass is 10.1. The number of carbonyl (C=O) groups is 2. The summed E-state index contributed by atoms with van der Waals surface area (Å²) in [5.41, 5.74) is -0.315. The third-order valence-electron chi connectivity index (χ3n) is 4.71. The zero-order chi connectivity index (χ0) is 21.0. The lowest BCUT2D eigenvalue weighted by Gasteiger charge is -2.21. The molecular weight excluding hydrogens is 376 g/mol. The van der Waals surface area contributed by atoms with Crippen molar-refractivity contribution in [1.82, 2.24) is 9.80 Å². The molecule has 0 radical (unpaired) electrons. The molecule has 3 rings (SSSR count). The van der Waals surface area contributed by atoms with Gasteiger partial charge in [0.25, 0.3) is 5.91 Å². The first-order chi connectivity index (χ1) is 13.9. The van der Waals surface area contributed by atoms with Crippen LogP contribution in [0.25, 0.3) is 11.0 Å². The van der Waals surface area contributed by atoms with E-state index in [0.29, 0.717) is 49.3 Å². The third kappa shape index (κ3) is 4.95. The number of methoxy groups -OCH3 is 1. The number of nitrogens with zero attached hydrogens (tertiary/aromatic N) is 2. The van der Waals surface area contributed by atoms with Crippen molar-refractivity contribution in [3.05, 3.63) is 40.2 Å². The molecule has 1 saturated heterocycles. The van der Waals surface area contributed by atoms with Crippen LogP contribution in [0.5, 0.6) is 5.75 Å². The Morgan fingerprint density at radius 1 is 1.10 bits per heavy atom. The Balaban J connectivity index is 1.79. The van der Waals surface area contributed by atoms with Gasteiger partial charge in [-0.15, -0.1) is 0 Å². The average Bonchev–Trinajstić information content (AvgIpc) is 2.93. The molecule has 0 N–H and O–H groups in total. The van der Waals surface area contributed by atoms with Crippen LogP contribution in [-0.2, 0) is 9.53 Å². The fourth-order valence-corrected chi connectivity index (χ4v) is 3.34. The summed E-state index contributed by atoms with van der Waals surface area (Å²) < 4.78 is 15.9. The number of amides is 2. The van der Waals surface area contributed by atoms with Crippen molar-refractivity contribution in [1.29, 1.82) is 0 Å². The van der Waals surface area contributed by atoms with E-state index in [1.807, 2.05) is 13.8 Å². The van der Waals surface area contributed by atoms with Gasteiger partial charge in [0.2, 0.25) is 5.91 Å². The molecule has 1 aromatic heterocycles. The molecule has 0 aliphatic carbocycles. The Labute approximate surface area is 169 Å². The Morgan fingerprint density at radius 3 is 2.55 bits per heavy atom. The van der Waals surface area contributed by atoms with Crippen molar-refractivity contribution >= 4 is 22.8 Å². The first-order valence-electron chi connectivity index (χ1n) is 9.69. The van der Waals surface area contributed by atoms with Crippen molar-refractivity contribution in [2.24, 2.45) is 0 Å². The normalized spacial score (nSPS) is 14.9. The van der Waals surface area contributed by atoms with Gasteiger partial charge in [-0.1, -0.05) is 0 Å². The fourth-order valence-electron chi connectivity index (χ4n) is 3.34. The van der Waals surface area contributed by atoms with Gasteiger partial charge < -0.3 is 23.7 Å². The van der Waals surface area contributed by atoms with Crippen LogP contribution in [0.2, 0.25) is 0 Å². The fraction of sp³-hybridized carbons (Fsp3) is 0.476. The van der Waals surface area contributed by atoms with Crippen LogP contribution < -0.4 is 10.4 Å². The minimum Gasteiger partial charge on any atom is -0.491 e. The summed E-state index contributed by atoms with van der Waals surface area (Å²) in [7, 11) is 1.47. The first-order valence-corrected chi connectivity index (χ1v) is 9.69. The second-order valence-corrected chi connectivity index (χ2v) is 7.27. The lowest BCUT2D eigenvalue weighted by Crippen LogP contribution is -2.39. The van der Waals surface area contributed by atoms with Gasteiger partial charge in [0.15, 0.2) is 0 Å². The van der Waals surface area contributed by atoms with E-state index >= 15 is 0 Å². The highest BCUT2D eigenvalue weighted by atomic mass is 16.5. The summed E-state index contributed by atoms with van der Waals surface area (Å²) in [6.07, 6.45) is 0.633. The molecule has 8 nitrogen and oxygen atoms in total. The molecule has 29 heavy (non-hydrogen) atoms. The molecule has 8 heteroatoms. The van der Waals surface area contributed by atoms with Gasteiger partial charge in [-0.25, -0.2) is 4.79 Å². The SMILES string of the molecule is COCC(=O)N1CCCN(C(=O)c2cc3ccc(OC(C)C)cc3oc2=O)CC1. The van der Waals surface area contributed by atoms with Gasteiger partial charge in [-0.2, -0.15) is 0 Å². The maximum atomic E-state index is 12.9. The van der Waals surface area contributed by atoms with Gasteiger partial charge in [-0.3, -0.25) is 9.59 Å². The molecule has 0 atom stereocenters. The highest BCUT2D eigenvalue weighted by molar-refractivity contribution is 5.96. The van der Waals surface area contributed by atoms with E-state index in [-0.39, 0.29) is 30.1 Å². The van der Waals surface area contributed by atoms with Crippen LogP contribution in [0.4, 0.5) is 0 Å². The highest BCUT2D eigenvalue weighted by Gasteiger charge is 2.25. The molecule has 1 fully saturated rings. The molecule has 0 spiro atoms. The molecule has 2 aromatic rings. The molecule has 1 aromatic carbocycles. The zero-order valence-corrected chi connectivity index (χ0v) is 17.0. The smallest absolute Gasteiger partial charge is 0.349 e. The van der Waals surface area contributed by atoms with Gasteiger partial charge >= 0.3 is 5.63 Å². The quantitative estimate of drug-likeness (QED) is 0.710. The first kappa shape index (κ1) is 20.9. The maximum absolute atomic E-state index is 12.9. The van der Waals surface area contributed by atoms with Crippen molar-refractivity contribution in [2.75, 3.05) is 39.9 Å². The van der Waals surface area contributed by atoms with Crippen molar-refractivity contribution in [3.8, 4) is 5.75 Å². The number of ether oxygens (including phenoxy) is 2. The molecule has 156 valence electrons. The predicted octanol–water partition coefficient (Wildman–Crippen LogP) is 1.90. The highest BCUT2D eigenvalue weighted by Crippen LogP contribution is 2.22. The molecular formula is C21H26N2O6. The number of fused-ring (bicyclic) bond motifs is 1. The molecule has 0 saturated carbocycles. The summed E-state index contributed by atoms with van der Waals surface area (Å²) >= 11 is 0. The van der Waals surface area contributed by atoms with Crippen LogP contribution >= 0.6 is 0 Å². The van der Waals surface area contributed by atoms with Gasteiger partial charge in [0, 0.05) is 44.7 Å². The Bertz CT molecular complexity index is 952. The van der Waals surface area contributed by atoms with E-state index in [1.54, 1.807) is 34.1 Å². The van der Waals surface area contributed by atoms with Crippen LogP contribution in [-0.4, -0.2) is 67.6 Å². The monoisotopic (exact) mass is 402 g/mol. The molecule has 2 amide bonds. The van der Waals surface area contributed by atoms with Crippen molar-refractivity contribution < 1.29 is 23.5 Å². The van der Waals surface area contributed by atoms with Gasteiger partial charge in [0.05, 0.1) is 6.10 Å². The van der Waals surface area contributed by atoms with Crippen LogP contribution in [0.15, 0.2) is 33.5 Å². The Hall–Kier alpha value is -2.87. The van der Waals surface area contributed by atoms with E-state index < -0.39 is 5.63 Å². The topological polar surface area (TPSA) is 89.3 Å². The largest absolute Gasteiger partial charge is 0.491 e. The zero-order valence-electron chi connectivity index (χ0n) is 17.0. The maximum Gasteiger partial charge on any atom is 0.349 e. The van der Waals surface area contributed by atoms with Gasteiger partial charge in [-0.05, 0) is 38.5 Å². The second-order valence-electron chi connectivity index (χ2n) is 7.27. The number of hydrogen-bond donors (Lipinski definition) is 0. The molecule has 2 heterocycles. The standard InChI is InChI=1S/C21H26N2O6/c1-14(2)28-16-6-5-15-11-17(21(26)29-18(15)12-16)20(25)23-8-4-7-22(9-10-23)19(24)13-27-3/h5-6,11-12,14H,4,7-10,13H2,1-3H3. The van der Waals surface area contributed by atoms with E-state index in [1.165, 1.54) is 7.11 Å². The third-order valence-corrected chi connectivity index (χ3v) is 4.71. The minimum absolute atomic E-state index is 0.00149. The van der Waals surface area contributed by atoms with E-state index in [0.717, 1.165) is 0 Å². The summed E-state index contributed by atoms with van der Waals surface area (Å²) in [5, 5.41) is 0.649. The number of benzene rings is 1. The molecule has 0 unspecified atom stereocenters. The number of rotatable bonds is 5. The van der Waals surface area contributed by atoms with Crippen LogP contribution in [0.1, 0.15) is 30.6 Å². The molecule has 1 aliphatic rings. The summed E-state index contributed by atoms with van der Waals surface area (Å²) in [6, 6.07) is 6.75. The van der Waals surface area contributed by atoms with E-state index in [4.69, 9.17) is 13.9 Å². The summed E-state index contributed by atoms with van der Waals surface area (Å²) in [6.45, 7) is 5.62. The lowest BCUT2D eigenvalue weighted by molar-refractivity contribution is -0.135. The Kier molecular flexibility index (Phi) is 6.53.